The van der Waals surface area contributed by atoms with E-state index >= 15 is 0 Å². The lowest BCUT2D eigenvalue weighted by Gasteiger charge is -2.20. The van der Waals surface area contributed by atoms with Gasteiger partial charge in [0.1, 0.15) is 12.7 Å². The Morgan fingerprint density at radius 3 is 1.67 bits per heavy atom. The summed E-state index contributed by atoms with van der Waals surface area (Å²) in [4.78, 5) is 34.8. The molecule has 0 aliphatic rings. The van der Waals surface area contributed by atoms with Crippen LogP contribution in [0, 0.1) is 0 Å². The fourth-order valence-electron chi connectivity index (χ4n) is 4.94. The van der Waals surface area contributed by atoms with E-state index in [4.69, 9.17) is 19.1 Å². The standard InChI is InChI=1S/C40H71O10P/c1-3-5-7-9-11-13-15-17-18-20-21-23-25-27-29-31-39(43)47-35-38(36-49-51(45,46)48-34-37(42)33-41)50-40(44)32-30-28-26-24-22-19-16-14-12-10-8-6-4-2/h5,7,11,13,17-19,22,37-38,41-42H,3-4,6,8-10,12,14-16,20-21,23-36H2,1-2H3,(H,45,46)/b7-5+,13-11+,18-17+,22-19+/t37-,38+/m0/s1. The molecule has 0 aromatic heterocycles. The van der Waals surface area contributed by atoms with Crippen LogP contribution in [0.3, 0.4) is 0 Å². The third-order valence-corrected chi connectivity index (χ3v) is 8.92. The second kappa shape index (κ2) is 36.3. The molecule has 0 fully saturated rings. The van der Waals surface area contributed by atoms with Gasteiger partial charge in [0.25, 0.3) is 0 Å². The second-order valence-electron chi connectivity index (χ2n) is 12.9. The van der Waals surface area contributed by atoms with Gasteiger partial charge in [-0.25, -0.2) is 4.57 Å². The fourth-order valence-corrected chi connectivity index (χ4v) is 5.73. The average molecular weight is 743 g/mol. The number of rotatable bonds is 36. The molecular formula is C40H71O10P. The highest BCUT2D eigenvalue weighted by Crippen LogP contribution is 2.43. The third-order valence-electron chi connectivity index (χ3n) is 7.97. The Balaban J connectivity index is 4.41. The first-order chi connectivity index (χ1) is 24.7. The number of aliphatic hydroxyl groups is 2. The molecule has 0 aliphatic carbocycles. The van der Waals surface area contributed by atoms with E-state index < -0.39 is 51.8 Å². The molecule has 0 spiro atoms. The van der Waals surface area contributed by atoms with Crippen LogP contribution >= 0.6 is 7.82 Å². The summed E-state index contributed by atoms with van der Waals surface area (Å²) in [6.45, 7) is 2.20. The predicted octanol–water partition coefficient (Wildman–Crippen LogP) is 9.78. The van der Waals surface area contributed by atoms with E-state index in [1.54, 1.807) is 0 Å². The second-order valence-corrected chi connectivity index (χ2v) is 14.4. The minimum absolute atomic E-state index is 0.158. The van der Waals surface area contributed by atoms with Crippen molar-refractivity contribution in [2.24, 2.45) is 0 Å². The summed E-state index contributed by atoms with van der Waals surface area (Å²) >= 11 is 0. The van der Waals surface area contributed by atoms with Crippen molar-refractivity contribution in [3.05, 3.63) is 48.6 Å². The van der Waals surface area contributed by atoms with E-state index in [1.165, 1.54) is 38.5 Å². The smallest absolute Gasteiger partial charge is 0.462 e. The van der Waals surface area contributed by atoms with Gasteiger partial charge in [-0.3, -0.25) is 18.6 Å². The SMILES string of the molecule is CC/C=C/C/C=C/C/C=C/CCCCCCCC(=O)OC[C@H](COP(=O)(O)OC[C@@H](O)CO)OC(=O)CCCCC/C=C/CCCCCCCC. The first-order valence-corrected chi connectivity index (χ1v) is 21.1. The molecular weight excluding hydrogens is 671 g/mol. The van der Waals surface area contributed by atoms with E-state index in [0.717, 1.165) is 77.0 Å². The van der Waals surface area contributed by atoms with Crippen LogP contribution in [-0.2, 0) is 32.7 Å². The molecule has 3 N–H and O–H groups in total. The molecule has 0 heterocycles. The predicted molar refractivity (Wildman–Crippen MR) is 205 cm³/mol. The van der Waals surface area contributed by atoms with Crippen molar-refractivity contribution in [3.63, 3.8) is 0 Å². The Hall–Kier alpha value is -2.07. The summed E-state index contributed by atoms with van der Waals surface area (Å²) in [5.41, 5.74) is 0. The summed E-state index contributed by atoms with van der Waals surface area (Å²) in [6.07, 6.45) is 36.5. The average Bonchev–Trinajstić information content (AvgIpc) is 3.12. The number of carbonyl (C=O) groups is 2. The number of hydrogen-bond donors (Lipinski definition) is 3. The molecule has 3 atom stereocenters. The summed E-state index contributed by atoms with van der Waals surface area (Å²) in [7, 11) is -4.62. The van der Waals surface area contributed by atoms with Crippen molar-refractivity contribution in [2.75, 3.05) is 26.4 Å². The number of unbranched alkanes of at least 4 members (excludes halogenated alkanes) is 14. The summed E-state index contributed by atoms with van der Waals surface area (Å²) < 4.78 is 32.6. The van der Waals surface area contributed by atoms with Gasteiger partial charge in [-0.1, -0.05) is 120 Å². The normalized spacial score (nSPS) is 14.5. The minimum Gasteiger partial charge on any atom is -0.462 e. The van der Waals surface area contributed by atoms with Crippen molar-refractivity contribution >= 4 is 19.8 Å². The topological polar surface area (TPSA) is 149 Å². The lowest BCUT2D eigenvalue weighted by molar-refractivity contribution is -0.161. The van der Waals surface area contributed by atoms with Gasteiger partial charge >= 0.3 is 19.8 Å². The van der Waals surface area contributed by atoms with Crippen LogP contribution < -0.4 is 0 Å². The number of hydrogen-bond acceptors (Lipinski definition) is 9. The Bertz CT molecular complexity index is 994. The Kier molecular flexibility index (Phi) is 34.8. The van der Waals surface area contributed by atoms with Crippen LogP contribution in [0.15, 0.2) is 48.6 Å². The maximum atomic E-state index is 12.5. The Labute approximate surface area is 309 Å². The van der Waals surface area contributed by atoms with Crippen molar-refractivity contribution in [1.29, 1.82) is 0 Å². The number of aliphatic hydroxyl groups excluding tert-OH is 2. The van der Waals surface area contributed by atoms with Crippen molar-refractivity contribution in [1.82, 2.24) is 0 Å². The molecule has 0 aliphatic heterocycles. The Morgan fingerprint density at radius 1 is 0.608 bits per heavy atom. The van der Waals surface area contributed by atoms with Crippen molar-refractivity contribution < 1.29 is 47.8 Å². The highest BCUT2D eigenvalue weighted by molar-refractivity contribution is 7.47. The van der Waals surface area contributed by atoms with Gasteiger partial charge < -0.3 is 24.6 Å². The summed E-state index contributed by atoms with van der Waals surface area (Å²) in [5.74, 6) is -0.968. The number of esters is 2. The van der Waals surface area contributed by atoms with Crippen LogP contribution in [-0.4, -0.2) is 65.7 Å². The zero-order chi connectivity index (χ0) is 37.7. The number of carbonyl (C=O) groups excluding carboxylic acids is 2. The lowest BCUT2D eigenvalue weighted by Crippen LogP contribution is -2.29. The van der Waals surface area contributed by atoms with Gasteiger partial charge in [0.05, 0.1) is 19.8 Å². The maximum Gasteiger partial charge on any atom is 0.472 e. The highest BCUT2D eigenvalue weighted by atomic mass is 31.2. The molecule has 296 valence electrons. The number of ether oxygens (including phenoxy) is 2. The van der Waals surface area contributed by atoms with Crippen LogP contribution in [0.5, 0.6) is 0 Å². The molecule has 0 radical (unpaired) electrons. The maximum absolute atomic E-state index is 12.5. The van der Waals surface area contributed by atoms with Crippen LogP contribution in [0.4, 0.5) is 0 Å². The van der Waals surface area contributed by atoms with Crippen molar-refractivity contribution in [3.8, 4) is 0 Å². The molecule has 0 aromatic rings. The molecule has 1 unspecified atom stereocenters. The van der Waals surface area contributed by atoms with Crippen LogP contribution in [0.25, 0.3) is 0 Å². The van der Waals surface area contributed by atoms with Gasteiger partial charge in [-0.15, -0.1) is 0 Å². The van der Waals surface area contributed by atoms with Crippen LogP contribution in [0.1, 0.15) is 155 Å². The molecule has 0 saturated carbocycles. The van der Waals surface area contributed by atoms with E-state index in [-0.39, 0.29) is 19.4 Å². The highest BCUT2D eigenvalue weighted by Gasteiger charge is 2.27. The third kappa shape index (κ3) is 36.1. The zero-order valence-corrected chi connectivity index (χ0v) is 32.7. The zero-order valence-electron chi connectivity index (χ0n) is 31.8. The number of allylic oxidation sites excluding steroid dienone is 8. The van der Waals surface area contributed by atoms with Gasteiger partial charge in [0.15, 0.2) is 6.10 Å². The molecule has 51 heavy (non-hydrogen) atoms. The molecule has 0 aromatic carbocycles. The molecule has 0 saturated heterocycles. The molecule has 0 amide bonds. The van der Waals surface area contributed by atoms with E-state index in [0.29, 0.717) is 12.8 Å². The Morgan fingerprint density at radius 2 is 1.08 bits per heavy atom. The van der Waals surface area contributed by atoms with E-state index in [2.05, 4.69) is 67.0 Å². The number of phosphoric ester groups is 1. The van der Waals surface area contributed by atoms with Gasteiger partial charge in [0.2, 0.25) is 0 Å². The van der Waals surface area contributed by atoms with E-state index in [9.17, 15) is 24.2 Å². The first kappa shape index (κ1) is 48.9. The van der Waals surface area contributed by atoms with Crippen LogP contribution in [0.2, 0.25) is 0 Å². The molecule has 0 bridgehead atoms. The largest absolute Gasteiger partial charge is 0.472 e. The summed E-state index contributed by atoms with van der Waals surface area (Å²) in [5, 5.41) is 18.3. The van der Waals surface area contributed by atoms with Crippen molar-refractivity contribution in [2.45, 2.75) is 167 Å². The molecule has 0 rings (SSSR count). The minimum atomic E-state index is -4.62. The quantitative estimate of drug-likeness (QED) is 0.0245. The van der Waals surface area contributed by atoms with Gasteiger partial charge in [0, 0.05) is 12.8 Å². The monoisotopic (exact) mass is 742 g/mol. The fraction of sp³-hybridized carbons (Fsp3) is 0.750. The van der Waals surface area contributed by atoms with Gasteiger partial charge in [-0.05, 0) is 70.6 Å². The molecule has 11 heteroatoms. The van der Waals surface area contributed by atoms with Gasteiger partial charge in [-0.2, -0.15) is 0 Å². The first-order valence-electron chi connectivity index (χ1n) is 19.6. The molecule has 10 nitrogen and oxygen atoms in total. The summed E-state index contributed by atoms with van der Waals surface area (Å²) in [6, 6.07) is 0. The lowest BCUT2D eigenvalue weighted by atomic mass is 10.1. The van der Waals surface area contributed by atoms with E-state index in [1.807, 2.05) is 0 Å². The number of phosphoric acid groups is 1.